The lowest BCUT2D eigenvalue weighted by atomic mass is 9.83. The molecule has 3 aliphatic rings. The van der Waals surface area contributed by atoms with Crippen molar-refractivity contribution in [2.24, 2.45) is 10.3 Å². The number of benzene rings is 2. The second-order valence-electron chi connectivity index (χ2n) is 8.72. The highest BCUT2D eigenvalue weighted by atomic mass is 32.2. The van der Waals surface area contributed by atoms with Crippen LogP contribution in [0.1, 0.15) is 60.9 Å². The van der Waals surface area contributed by atoms with Crippen molar-refractivity contribution in [2.45, 2.75) is 55.9 Å². The normalized spacial score (nSPS) is 22.8. The average Bonchev–Trinajstić information content (AvgIpc) is 3.38. The minimum Gasteiger partial charge on any atom is -0.339 e. The molecule has 2 heterocycles. The highest BCUT2D eigenvalue weighted by Crippen LogP contribution is 2.35. The van der Waals surface area contributed by atoms with E-state index >= 15 is 0 Å². The van der Waals surface area contributed by atoms with E-state index in [-0.39, 0.29) is 10.8 Å². The first-order valence-electron chi connectivity index (χ1n) is 11.2. The quantitative estimate of drug-likeness (QED) is 0.770. The summed E-state index contributed by atoms with van der Waals surface area (Å²) < 4.78 is 28.3. The molecule has 2 aromatic carbocycles. The summed E-state index contributed by atoms with van der Waals surface area (Å²) in [5.41, 5.74) is 1.94. The second-order valence-corrected chi connectivity index (χ2v) is 10.3. The molecule has 5 rings (SSSR count). The van der Waals surface area contributed by atoms with Crippen LogP contribution < -0.4 is 5.32 Å². The number of carbonyl (C=O) groups is 1. The van der Waals surface area contributed by atoms with Crippen LogP contribution in [0, 0.1) is 5.92 Å². The molecule has 1 N–H and O–H groups in total. The Labute approximate surface area is 183 Å². The molecule has 6 nitrogen and oxygen atoms in total. The van der Waals surface area contributed by atoms with Gasteiger partial charge in [-0.15, -0.1) is 4.40 Å². The molecule has 1 aliphatic carbocycles. The van der Waals surface area contributed by atoms with Crippen molar-refractivity contribution in [3.63, 3.8) is 0 Å². The van der Waals surface area contributed by atoms with E-state index in [1.165, 1.54) is 32.1 Å². The van der Waals surface area contributed by atoms with Crippen molar-refractivity contribution in [3.05, 3.63) is 59.7 Å². The van der Waals surface area contributed by atoms with Gasteiger partial charge in [0.25, 0.3) is 15.9 Å². The van der Waals surface area contributed by atoms with Crippen LogP contribution in [0.25, 0.3) is 0 Å². The minimum atomic E-state index is -3.66. The van der Waals surface area contributed by atoms with Crippen LogP contribution in [-0.4, -0.2) is 37.6 Å². The van der Waals surface area contributed by atoms with Gasteiger partial charge in [0.15, 0.2) is 5.84 Å². The third-order valence-corrected chi connectivity index (χ3v) is 8.11. The van der Waals surface area contributed by atoms with E-state index in [0.717, 1.165) is 19.4 Å². The van der Waals surface area contributed by atoms with Crippen LogP contribution in [0.5, 0.6) is 0 Å². The van der Waals surface area contributed by atoms with Gasteiger partial charge >= 0.3 is 0 Å². The van der Waals surface area contributed by atoms with Gasteiger partial charge in [-0.3, -0.25) is 4.79 Å². The van der Waals surface area contributed by atoms with Crippen LogP contribution in [0.2, 0.25) is 0 Å². The number of hydrogen-bond acceptors (Lipinski definition) is 4. The molecule has 0 radical (unpaired) electrons. The topological polar surface area (TPSA) is 78.8 Å². The van der Waals surface area contributed by atoms with Crippen LogP contribution in [0.3, 0.4) is 0 Å². The van der Waals surface area contributed by atoms with Crippen molar-refractivity contribution >= 4 is 27.5 Å². The Morgan fingerprint density at radius 1 is 0.935 bits per heavy atom. The van der Waals surface area contributed by atoms with Gasteiger partial charge in [-0.1, -0.05) is 31.4 Å². The van der Waals surface area contributed by atoms with Gasteiger partial charge in [-0.05, 0) is 68.0 Å². The average molecular weight is 438 g/mol. The number of hydrogen-bond donors (Lipinski definition) is 1. The van der Waals surface area contributed by atoms with Crippen molar-refractivity contribution in [3.8, 4) is 0 Å². The monoisotopic (exact) mass is 437 g/mol. The largest absolute Gasteiger partial charge is 0.339 e. The van der Waals surface area contributed by atoms with Gasteiger partial charge in [0.05, 0.1) is 0 Å². The smallest absolute Gasteiger partial charge is 0.285 e. The summed E-state index contributed by atoms with van der Waals surface area (Å²) in [6.07, 6.45) is 8.57. The second kappa shape index (κ2) is 8.11. The Morgan fingerprint density at radius 3 is 2.45 bits per heavy atom. The summed E-state index contributed by atoms with van der Waals surface area (Å²) in [5.74, 6) is 1.06. The van der Waals surface area contributed by atoms with Gasteiger partial charge < -0.3 is 10.2 Å². The lowest BCUT2D eigenvalue weighted by molar-refractivity contribution is 0.0661. The standard InChI is InChI=1S/C24H27N3O3S/c28-24(27-16-6-10-21(27)17-7-2-1-3-8-17)18-12-14-19(15-13-18)25-23-20-9-4-5-11-22(20)31(29,30)26-23/h4-5,9,11-15,17,21H,1-3,6-8,10,16H2,(H,25,26)/t21-/m0/s1. The molecule has 2 fully saturated rings. The molecular weight excluding hydrogens is 410 g/mol. The van der Waals surface area contributed by atoms with Crippen molar-refractivity contribution in [1.29, 1.82) is 0 Å². The fraction of sp³-hybridized carbons (Fsp3) is 0.417. The number of likely N-dealkylation sites (tertiary alicyclic amines) is 1. The van der Waals surface area contributed by atoms with E-state index in [9.17, 15) is 13.2 Å². The number of rotatable bonds is 3. The molecule has 0 unspecified atom stereocenters. The van der Waals surface area contributed by atoms with Crippen LogP contribution in [-0.2, 0) is 10.0 Å². The first kappa shape index (κ1) is 20.2. The molecule has 2 aliphatic heterocycles. The maximum Gasteiger partial charge on any atom is 0.285 e. The minimum absolute atomic E-state index is 0.103. The fourth-order valence-corrected chi connectivity index (χ4v) is 6.42. The lowest BCUT2D eigenvalue weighted by Gasteiger charge is -2.34. The van der Waals surface area contributed by atoms with E-state index in [2.05, 4.69) is 14.6 Å². The molecule has 0 bridgehead atoms. The number of fused-ring (bicyclic) bond motifs is 1. The fourth-order valence-electron chi connectivity index (χ4n) is 5.25. The number of amides is 1. The zero-order valence-corrected chi connectivity index (χ0v) is 18.3. The number of amidine groups is 1. The van der Waals surface area contributed by atoms with E-state index in [1.807, 2.05) is 24.3 Å². The predicted octanol–water partition coefficient (Wildman–Crippen LogP) is 4.43. The summed E-state index contributed by atoms with van der Waals surface area (Å²) in [5, 5.41) is 3.09. The molecule has 1 atom stereocenters. The van der Waals surface area contributed by atoms with Gasteiger partial charge in [-0.25, -0.2) is 0 Å². The van der Waals surface area contributed by atoms with Crippen molar-refractivity contribution < 1.29 is 13.2 Å². The highest BCUT2D eigenvalue weighted by Gasteiger charge is 2.35. The lowest BCUT2D eigenvalue weighted by Crippen LogP contribution is -2.40. The van der Waals surface area contributed by atoms with Gasteiger partial charge in [0, 0.05) is 29.4 Å². The van der Waals surface area contributed by atoms with E-state index in [1.54, 1.807) is 24.3 Å². The molecule has 31 heavy (non-hydrogen) atoms. The molecule has 7 heteroatoms. The number of anilines is 1. The summed E-state index contributed by atoms with van der Waals surface area (Å²) in [7, 11) is -3.66. The van der Waals surface area contributed by atoms with Crippen molar-refractivity contribution in [1.82, 2.24) is 4.90 Å². The summed E-state index contributed by atoms with van der Waals surface area (Å²) in [6.45, 7) is 0.839. The summed E-state index contributed by atoms with van der Waals surface area (Å²) >= 11 is 0. The number of sulfonamides is 1. The molecule has 2 aromatic rings. The molecule has 0 spiro atoms. The molecule has 1 saturated carbocycles. The Bertz CT molecular complexity index is 1120. The van der Waals surface area contributed by atoms with Gasteiger partial charge in [0.1, 0.15) is 4.90 Å². The van der Waals surface area contributed by atoms with Crippen LogP contribution >= 0.6 is 0 Å². The summed E-state index contributed by atoms with van der Waals surface area (Å²) in [6, 6.07) is 14.4. The van der Waals surface area contributed by atoms with Gasteiger partial charge in [-0.2, -0.15) is 8.42 Å². The molecular formula is C24H27N3O3S. The Morgan fingerprint density at radius 2 is 1.68 bits per heavy atom. The maximum atomic E-state index is 13.2. The van der Waals surface area contributed by atoms with E-state index in [0.29, 0.717) is 34.6 Å². The number of nitrogens with one attached hydrogen (secondary N) is 1. The Kier molecular flexibility index (Phi) is 5.30. The van der Waals surface area contributed by atoms with E-state index in [4.69, 9.17) is 0 Å². The van der Waals surface area contributed by atoms with Crippen LogP contribution in [0.4, 0.5) is 5.69 Å². The number of carbonyl (C=O) groups excluding carboxylic acids is 1. The van der Waals surface area contributed by atoms with E-state index < -0.39 is 10.0 Å². The first-order valence-corrected chi connectivity index (χ1v) is 12.6. The highest BCUT2D eigenvalue weighted by molar-refractivity contribution is 7.90. The third-order valence-electron chi connectivity index (χ3n) is 6.78. The SMILES string of the molecule is O=C(c1ccc(NC2=NS(=O)(=O)c3ccccc32)cc1)N1CCC[C@H]1C1CCCCC1. The van der Waals surface area contributed by atoms with Crippen molar-refractivity contribution in [2.75, 3.05) is 11.9 Å². The summed E-state index contributed by atoms with van der Waals surface area (Å²) in [4.78, 5) is 15.5. The zero-order valence-electron chi connectivity index (χ0n) is 17.5. The Balaban J connectivity index is 1.31. The molecule has 1 amide bonds. The number of nitrogens with zero attached hydrogens (tertiary/aromatic N) is 2. The first-order chi connectivity index (χ1) is 15.0. The molecule has 162 valence electrons. The zero-order chi connectivity index (χ0) is 21.4. The Hall–Kier alpha value is -2.67. The maximum absolute atomic E-state index is 13.2. The van der Waals surface area contributed by atoms with Gasteiger partial charge in [0.2, 0.25) is 0 Å². The third kappa shape index (κ3) is 3.87. The molecule has 0 aromatic heterocycles. The molecule has 1 saturated heterocycles. The predicted molar refractivity (Wildman–Crippen MR) is 121 cm³/mol. The van der Waals surface area contributed by atoms with Crippen LogP contribution in [0.15, 0.2) is 57.8 Å².